The molecule has 2 aromatic rings. The molecule has 0 atom stereocenters. The van der Waals surface area contributed by atoms with Crippen LogP contribution in [0.15, 0.2) is 45.8 Å². The number of nitrogens with one attached hydrogen (secondary N) is 1. The zero-order chi connectivity index (χ0) is 15.6. The number of nitrogens with two attached hydrogens (primary N) is 1. The molecule has 0 heterocycles. The van der Waals surface area contributed by atoms with E-state index in [9.17, 15) is 12.8 Å². The van der Waals surface area contributed by atoms with Crippen molar-refractivity contribution in [1.29, 1.82) is 0 Å². The van der Waals surface area contributed by atoms with Crippen molar-refractivity contribution in [3.63, 3.8) is 0 Å². The number of hydrogen-bond acceptors (Lipinski definition) is 3. The summed E-state index contributed by atoms with van der Waals surface area (Å²) in [6, 6.07) is 8.86. The zero-order valence-corrected chi connectivity index (χ0v) is 13.6. The van der Waals surface area contributed by atoms with Gasteiger partial charge >= 0.3 is 0 Å². The first-order valence-electron chi connectivity index (χ1n) is 6.11. The highest BCUT2D eigenvalue weighted by atomic mass is 79.9. The lowest BCUT2D eigenvalue weighted by Gasteiger charge is -2.13. The molecule has 0 aromatic heterocycles. The Morgan fingerprint density at radius 1 is 1.29 bits per heavy atom. The Morgan fingerprint density at radius 3 is 2.57 bits per heavy atom. The summed E-state index contributed by atoms with van der Waals surface area (Å²) in [5.74, 6) is -0.635. The first kappa shape index (κ1) is 15.9. The lowest BCUT2D eigenvalue weighted by atomic mass is 10.1. The zero-order valence-electron chi connectivity index (χ0n) is 11.2. The molecule has 3 N–H and O–H groups in total. The third kappa shape index (κ3) is 3.42. The highest BCUT2D eigenvalue weighted by Crippen LogP contribution is 2.29. The molecule has 0 amide bonds. The third-order valence-electron chi connectivity index (χ3n) is 2.92. The van der Waals surface area contributed by atoms with Crippen molar-refractivity contribution in [3.8, 4) is 0 Å². The molecule has 0 aliphatic heterocycles. The van der Waals surface area contributed by atoms with Crippen LogP contribution in [0, 0.1) is 12.7 Å². The Morgan fingerprint density at radius 2 is 1.95 bits per heavy atom. The molecule has 0 saturated heterocycles. The Kier molecular flexibility index (Phi) is 4.65. The number of halogens is 2. The van der Waals surface area contributed by atoms with Gasteiger partial charge in [-0.15, -0.1) is 0 Å². The summed E-state index contributed by atoms with van der Waals surface area (Å²) in [5, 5.41) is 0. The lowest BCUT2D eigenvalue weighted by molar-refractivity contribution is 0.598. The van der Waals surface area contributed by atoms with E-state index < -0.39 is 15.8 Å². The van der Waals surface area contributed by atoms with E-state index >= 15 is 0 Å². The first-order valence-corrected chi connectivity index (χ1v) is 8.39. The third-order valence-corrected chi connectivity index (χ3v) is 5.63. The Bertz CT molecular complexity index is 779. The number of para-hydroxylation sites is 1. The van der Waals surface area contributed by atoms with E-state index in [0.29, 0.717) is 10.0 Å². The standard InChI is InChI=1S/C14H14BrFN2O2S/c1-9-6-10(8-17)7-13(14(9)15)21(19,20)18-12-5-3-2-4-11(12)16/h2-7,18H,8,17H2,1H3. The molecule has 2 aromatic carbocycles. The van der Waals surface area contributed by atoms with Gasteiger partial charge in [0.25, 0.3) is 10.0 Å². The van der Waals surface area contributed by atoms with E-state index in [4.69, 9.17) is 5.73 Å². The predicted octanol–water partition coefficient (Wildman–Crippen LogP) is 3.16. The fourth-order valence-corrected chi connectivity index (χ4v) is 4.00. The number of aryl methyl sites for hydroxylation is 1. The van der Waals surface area contributed by atoms with Crippen LogP contribution in [-0.4, -0.2) is 8.42 Å². The molecular weight excluding hydrogens is 359 g/mol. The topological polar surface area (TPSA) is 72.2 Å². The minimum absolute atomic E-state index is 0.0335. The largest absolute Gasteiger partial charge is 0.326 e. The normalized spacial score (nSPS) is 11.4. The molecule has 0 saturated carbocycles. The van der Waals surface area contributed by atoms with Gasteiger partial charge in [-0.1, -0.05) is 18.2 Å². The van der Waals surface area contributed by atoms with Gasteiger partial charge in [-0.05, 0) is 52.2 Å². The van der Waals surface area contributed by atoms with Crippen LogP contribution < -0.4 is 10.5 Å². The van der Waals surface area contributed by atoms with Gasteiger partial charge < -0.3 is 5.73 Å². The van der Waals surface area contributed by atoms with E-state index in [2.05, 4.69) is 20.7 Å². The molecule has 0 bridgehead atoms. The smallest absolute Gasteiger partial charge is 0.263 e. The van der Waals surface area contributed by atoms with Gasteiger partial charge in [-0.3, -0.25) is 4.72 Å². The van der Waals surface area contributed by atoms with Gasteiger partial charge in [0.2, 0.25) is 0 Å². The van der Waals surface area contributed by atoms with E-state index in [-0.39, 0.29) is 17.1 Å². The van der Waals surface area contributed by atoms with Crippen LogP contribution in [0.4, 0.5) is 10.1 Å². The van der Waals surface area contributed by atoms with Gasteiger partial charge in [0.15, 0.2) is 0 Å². The Labute approximate surface area is 131 Å². The SMILES string of the molecule is Cc1cc(CN)cc(S(=O)(=O)Nc2ccccc2F)c1Br. The second kappa shape index (κ2) is 6.13. The summed E-state index contributed by atoms with van der Waals surface area (Å²) in [6.45, 7) is 1.99. The highest BCUT2D eigenvalue weighted by Gasteiger charge is 2.21. The van der Waals surface area contributed by atoms with Crippen molar-refractivity contribution < 1.29 is 12.8 Å². The number of anilines is 1. The molecule has 0 unspecified atom stereocenters. The van der Waals surface area contributed by atoms with Gasteiger partial charge in [0.1, 0.15) is 10.7 Å². The summed E-state index contributed by atoms with van der Waals surface area (Å²) in [5.41, 5.74) is 6.90. The van der Waals surface area contributed by atoms with Gasteiger partial charge in [0.05, 0.1) is 5.69 Å². The molecule has 4 nitrogen and oxygen atoms in total. The highest BCUT2D eigenvalue weighted by molar-refractivity contribution is 9.10. The van der Waals surface area contributed by atoms with Crippen molar-refractivity contribution in [2.75, 3.05) is 4.72 Å². The van der Waals surface area contributed by atoms with E-state index in [1.807, 2.05) is 0 Å². The van der Waals surface area contributed by atoms with Crippen LogP contribution in [0.3, 0.4) is 0 Å². The van der Waals surface area contributed by atoms with Crippen LogP contribution in [0.1, 0.15) is 11.1 Å². The molecule has 0 radical (unpaired) electrons. The quantitative estimate of drug-likeness (QED) is 0.865. The summed E-state index contributed by atoms with van der Waals surface area (Å²) >= 11 is 3.26. The molecule has 21 heavy (non-hydrogen) atoms. The van der Waals surface area contributed by atoms with Gasteiger partial charge in [-0.2, -0.15) is 0 Å². The fraction of sp³-hybridized carbons (Fsp3) is 0.143. The summed E-state index contributed by atoms with van der Waals surface area (Å²) in [6.07, 6.45) is 0. The van der Waals surface area contributed by atoms with Crippen LogP contribution in [0.5, 0.6) is 0 Å². The summed E-state index contributed by atoms with van der Waals surface area (Å²) < 4.78 is 41.2. The molecule has 0 spiro atoms. The van der Waals surface area contributed by atoms with Gasteiger partial charge in [-0.25, -0.2) is 12.8 Å². The Balaban J connectivity index is 2.50. The number of sulfonamides is 1. The Hall–Kier alpha value is -1.44. The number of hydrogen-bond donors (Lipinski definition) is 2. The van der Waals surface area contributed by atoms with Crippen LogP contribution in [-0.2, 0) is 16.6 Å². The summed E-state index contributed by atoms with van der Waals surface area (Å²) in [4.78, 5) is 0.0335. The van der Waals surface area contributed by atoms with Crippen molar-refractivity contribution in [2.24, 2.45) is 5.73 Å². The van der Waals surface area contributed by atoms with Crippen LogP contribution in [0.2, 0.25) is 0 Å². The van der Waals surface area contributed by atoms with Gasteiger partial charge in [0, 0.05) is 11.0 Å². The molecule has 7 heteroatoms. The second-order valence-corrected chi connectivity index (χ2v) is 6.96. The van der Waals surface area contributed by atoms with Crippen LogP contribution in [0.25, 0.3) is 0 Å². The molecule has 0 aliphatic carbocycles. The van der Waals surface area contributed by atoms with Crippen molar-refractivity contribution in [2.45, 2.75) is 18.4 Å². The van der Waals surface area contributed by atoms with E-state index in [1.54, 1.807) is 19.1 Å². The predicted molar refractivity (Wildman–Crippen MR) is 84.0 cm³/mol. The average molecular weight is 373 g/mol. The van der Waals surface area contributed by atoms with Crippen molar-refractivity contribution in [3.05, 3.63) is 57.8 Å². The van der Waals surface area contributed by atoms with Crippen LogP contribution >= 0.6 is 15.9 Å². The number of benzene rings is 2. The maximum absolute atomic E-state index is 13.6. The maximum Gasteiger partial charge on any atom is 0.263 e. The maximum atomic E-state index is 13.6. The average Bonchev–Trinajstić information content (AvgIpc) is 2.43. The molecule has 2 rings (SSSR count). The molecule has 112 valence electrons. The minimum Gasteiger partial charge on any atom is -0.326 e. The second-order valence-electron chi connectivity index (χ2n) is 4.51. The lowest BCUT2D eigenvalue weighted by Crippen LogP contribution is -2.15. The number of rotatable bonds is 4. The van der Waals surface area contributed by atoms with Crippen molar-refractivity contribution in [1.82, 2.24) is 0 Å². The monoisotopic (exact) mass is 372 g/mol. The van der Waals surface area contributed by atoms with E-state index in [1.165, 1.54) is 24.3 Å². The summed E-state index contributed by atoms with van der Waals surface area (Å²) in [7, 11) is -3.91. The molecule has 0 fully saturated rings. The molecule has 0 aliphatic rings. The van der Waals surface area contributed by atoms with Crippen molar-refractivity contribution >= 4 is 31.6 Å². The molecular formula is C14H14BrFN2O2S. The fourth-order valence-electron chi connectivity index (χ4n) is 1.87. The minimum atomic E-state index is -3.91. The van der Waals surface area contributed by atoms with E-state index in [0.717, 1.165) is 5.56 Å². The first-order chi connectivity index (χ1) is 9.85.